The van der Waals surface area contributed by atoms with Crippen LogP contribution in [0.1, 0.15) is 6.42 Å². The number of benzene rings is 1. The summed E-state index contributed by atoms with van der Waals surface area (Å²) in [5.41, 5.74) is 8.08. The van der Waals surface area contributed by atoms with E-state index in [0.29, 0.717) is 18.1 Å². The van der Waals surface area contributed by atoms with Crippen molar-refractivity contribution < 1.29 is 8.78 Å². The molecule has 0 bridgehead atoms. The highest BCUT2D eigenvalue weighted by atomic mass is 19.2. The van der Waals surface area contributed by atoms with Gasteiger partial charge in [-0.25, -0.2) is 8.78 Å². The third-order valence-electron chi connectivity index (χ3n) is 1.90. The van der Waals surface area contributed by atoms with E-state index < -0.39 is 11.6 Å². The third-order valence-corrected chi connectivity index (χ3v) is 1.90. The Hall–Kier alpha value is -2.38. The Kier molecular flexibility index (Phi) is 3.03. The van der Waals surface area contributed by atoms with Crippen molar-refractivity contribution >= 4 is 17.4 Å². The summed E-state index contributed by atoms with van der Waals surface area (Å²) < 4.78 is 25.4. The molecule has 0 atom stereocenters. The summed E-state index contributed by atoms with van der Waals surface area (Å²) >= 11 is 0. The highest BCUT2D eigenvalue weighted by molar-refractivity contribution is 6.04. The predicted molar refractivity (Wildman–Crippen MR) is 58.5 cm³/mol. The Morgan fingerprint density at radius 2 is 2.06 bits per heavy atom. The topological polar surface area (TPSA) is 87.5 Å². The summed E-state index contributed by atoms with van der Waals surface area (Å²) in [4.78, 5) is 0. The highest BCUT2D eigenvalue weighted by Gasteiger charge is 2.07. The lowest BCUT2D eigenvalue weighted by atomic mass is 10.3. The van der Waals surface area contributed by atoms with E-state index in [0.717, 1.165) is 12.1 Å². The maximum Gasteiger partial charge on any atom is 0.182 e. The molecule has 1 aliphatic rings. The fourth-order valence-electron chi connectivity index (χ4n) is 1.12. The average Bonchev–Trinajstić information content (AvgIpc) is 2.70. The van der Waals surface area contributed by atoms with E-state index in [1.54, 1.807) is 0 Å². The van der Waals surface area contributed by atoms with Gasteiger partial charge in [-0.1, -0.05) is 5.22 Å². The van der Waals surface area contributed by atoms with Crippen LogP contribution in [0.5, 0.6) is 0 Å². The number of anilines is 1. The van der Waals surface area contributed by atoms with Crippen LogP contribution in [0, 0.1) is 11.6 Å². The summed E-state index contributed by atoms with van der Waals surface area (Å²) in [7, 11) is 0. The van der Waals surface area contributed by atoms with Gasteiger partial charge in [-0.3, -0.25) is 5.43 Å². The van der Waals surface area contributed by atoms with Gasteiger partial charge in [0, 0.05) is 6.07 Å². The Balaban J connectivity index is 1.94. The van der Waals surface area contributed by atoms with Crippen molar-refractivity contribution in [2.75, 3.05) is 5.43 Å². The second-order valence-electron chi connectivity index (χ2n) is 3.23. The molecule has 0 fully saturated rings. The molecule has 88 valence electrons. The Bertz CT molecular complexity index is 522. The van der Waals surface area contributed by atoms with E-state index in [9.17, 15) is 8.78 Å². The van der Waals surface area contributed by atoms with Gasteiger partial charge in [0.25, 0.3) is 0 Å². The van der Waals surface area contributed by atoms with Gasteiger partial charge in [-0.05, 0) is 12.1 Å². The molecule has 6 nitrogen and oxygen atoms in total. The number of amidine groups is 2. The zero-order valence-corrected chi connectivity index (χ0v) is 8.56. The number of nitrogens with one attached hydrogen (secondary N) is 1. The van der Waals surface area contributed by atoms with Gasteiger partial charge >= 0.3 is 0 Å². The molecule has 0 spiro atoms. The van der Waals surface area contributed by atoms with Crippen molar-refractivity contribution in [3.8, 4) is 0 Å². The van der Waals surface area contributed by atoms with E-state index in [-0.39, 0.29) is 5.69 Å². The summed E-state index contributed by atoms with van der Waals surface area (Å²) in [6, 6.07) is 3.29. The molecule has 2 rings (SSSR count). The van der Waals surface area contributed by atoms with Gasteiger partial charge in [0.1, 0.15) is 5.84 Å². The van der Waals surface area contributed by atoms with Gasteiger partial charge < -0.3 is 5.73 Å². The van der Waals surface area contributed by atoms with Crippen LogP contribution in [-0.2, 0) is 0 Å². The smallest absolute Gasteiger partial charge is 0.182 e. The summed E-state index contributed by atoms with van der Waals surface area (Å²) in [5, 5.41) is 14.4. The first-order valence-corrected chi connectivity index (χ1v) is 4.66. The Morgan fingerprint density at radius 1 is 1.24 bits per heavy atom. The molecule has 0 aromatic heterocycles. The van der Waals surface area contributed by atoms with E-state index in [2.05, 4.69) is 26.0 Å². The van der Waals surface area contributed by atoms with Gasteiger partial charge in [0.15, 0.2) is 17.5 Å². The van der Waals surface area contributed by atoms with Gasteiger partial charge in [0.2, 0.25) is 0 Å². The SMILES string of the molecule is NC1=NN=C(N=NNc2ccc(F)c(F)c2)C1. The predicted octanol–water partition coefficient (Wildman–Crippen LogP) is 1.82. The number of hydrogen-bond acceptors (Lipinski definition) is 5. The van der Waals surface area contributed by atoms with E-state index >= 15 is 0 Å². The fraction of sp³-hybridized carbons (Fsp3) is 0.111. The summed E-state index contributed by atoms with van der Waals surface area (Å²) in [5.74, 6) is -1.19. The zero-order chi connectivity index (χ0) is 12.3. The monoisotopic (exact) mass is 238 g/mol. The molecule has 1 aliphatic heterocycles. The number of nitrogens with two attached hydrogens (primary N) is 1. The number of halogens is 2. The maximum atomic E-state index is 12.8. The molecule has 0 saturated heterocycles. The van der Waals surface area contributed by atoms with E-state index in [1.807, 2.05) is 0 Å². The third kappa shape index (κ3) is 2.80. The molecule has 0 amide bonds. The lowest BCUT2D eigenvalue weighted by Gasteiger charge is -1.99. The number of hydrogen-bond donors (Lipinski definition) is 2. The number of rotatable bonds is 2. The minimum absolute atomic E-state index is 0.278. The van der Waals surface area contributed by atoms with Crippen molar-refractivity contribution in [2.24, 2.45) is 26.3 Å². The molecule has 8 heteroatoms. The van der Waals surface area contributed by atoms with Crippen LogP contribution in [-0.4, -0.2) is 11.7 Å². The molecule has 0 aliphatic carbocycles. The highest BCUT2D eigenvalue weighted by Crippen LogP contribution is 2.13. The molecule has 0 saturated carbocycles. The van der Waals surface area contributed by atoms with Crippen LogP contribution in [0.15, 0.2) is 38.7 Å². The normalized spacial score (nSPS) is 14.9. The van der Waals surface area contributed by atoms with Crippen molar-refractivity contribution in [3.63, 3.8) is 0 Å². The van der Waals surface area contributed by atoms with Gasteiger partial charge in [-0.15, -0.1) is 15.3 Å². The fourth-order valence-corrected chi connectivity index (χ4v) is 1.12. The quantitative estimate of drug-likeness (QED) is 0.608. The van der Waals surface area contributed by atoms with Crippen molar-refractivity contribution in [1.82, 2.24) is 0 Å². The Labute approximate surface area is 94.9 Å². The molecule has 0 unspecified atom stereocenters. The van der Waals surface area contributed by atoms with Crippen LogP contribution in [0.4, 0.5) is 14.5 Å². The van der Waals surface area contributed by atoms with Crippen LogP contribution >= 0.6 is 0 Å². The minimum atomic E-state index is -0.962. The standard InChI is InChI=1S/C9H8F2N6/c10-6-2-1-5(3-7(6)11)13-17-16-9-4-8(12)14-15-9/h1-3H,4H2,(H2,12,14)(H,13,15,16). The second kappa shape index (κ2) is 4.64. The van der Waals surface area contributed by atoms with Gasteiger partial charge in [-0.2, -0.15) is 0 Å². The van der Waals surface area contributed by atoms with Crippen LogP contribution in [0.3, 0.4) is 0 Å². The van der Waals surface area contributed by atoms with E-state index in [4.69, 9.17) is 5.73 Å². The van der Waals surface area contributed by atoms with Crippen LogP contribution < -0.4 is 11.2 Å². The minimum Gasteiger partial charge on any atom is -0.385 e. The van der Waals surface area contributed by atoms with Crippen LogP contribution in [0.2, 0.25) is 0 Å². The first kappa shape index (κ1) is 11.1. The van der Waals surface area contributed by atoms with Crippen molar-refractivity contribution in [3.05, 3.63) is 29.8 Å². The average molecular weight is 238 g/mol. The van der Waals surface area contributed by atoms with Crippen molar-refractivity contribution in [2.45, 2.75) is 6.42 Å². The molecule has 1 heterocycles. The van der Waals surface area contributed by atoms with Crippen molar-refractivity contribution in [1.29, 1.82) is 0 Å². The summed E-state index contributed by atoms with van der Waals surface area (Å²) in [6.45, 7) is 0. The van der Waals surface area contributed by atoms with E-state index in [1.165, 1.54) is 6.07 Å². The zero-order valence-electron chi connectivity index (χ0n) is 8.56. The largest absolute Gasteiger partial charge is 0.385 e. The molecule has 17 heavy (non-hydrogen) atoms. The first-order chi connectivity index (χ1) is 8.15. The molecular formula is C9H8F2N6. The molecule has 1 aromatic rings. The number of nitrogens with zero attached hydrogens (tertiary/aromatic N) is 4. The maximum absolute atomic E-state index is 12.8. The summed E-state index contributed by atoms with van der Waals surface area (Å²) in [6.07, 6.45) is 0.322. The van der Waals surface area contributed by atoms with Crippen LogP contribution in [0.25, 0.3) is 0 Å². The molecule has 3 N–H and O–H groups in total. The first-order valence-electron chi connectivity index (χ1n) is 4.66. The molecule has 1 aromatic carbocycles. The van der Waals surface area contributed by atoms with Gasteiger partial charge in [0.05, 0.1) is 12.1 Å². The second-order valence-corrected chi connectivity index (χ2v) is 3.23. The lowest BCUT2D eigenvalue weighted by Crippen LogP contribution is -2.10. The lowest BCUT2D eigenvalue weighted by molar-refractivity contribution is 0.509. The Morgan fingerprint density at radius 3 is 2.71 bits per heavy atom. The molecule has 0 radical (unpaired) electrons. The molecular weight excluding hydrogens is 230 g/mol.